The molecule has 0 spiro atoms. The lowest BCUT2D eigenvalue weighted by Gasteiger charge is -2.16. The maximum absolute atomic E-state index is 11.2. The maximum Gasteiger partial charge on any atom is 0.347 e. The molecular formula is C12H18N2O2S. The zero-order valence-electron chi connectivity index (χ0n) is 10.4. The van der Waals surface area contributed by atoms with Crippen molar-refractivity contribution in [2.45, 2.75) is 45.1 Å². The zero-order valence-corrected chi connectivity index (χ0v) is 11.2. The van der Waals surface area contributed by atoms with E-state index in [0.717, 1.165) is 24.4 Å². The Hall–Kier alpha value is -0.940. The highest BCUT2D eigenvalue weighted by Gasteiger charge is 2.29. The first-order valence-electron chi connectivity index (χ1n) is 5.87. The number of hydrogen-bond acceptors (Lipinski definition) is 4. The molecule has 1 fully saturated rings. The van der Waals surface area contributed by atoms with Crippen molar-refractivity contribution in [2.75, 3.05) is 6.54 Å². The lowest BCUT2D eigenvalue weighted by molar-refractivity contribution is 0.0699. The molecule has 1 atom stereocenters. The van der Waals surface area contributed by atoms with E-state index in [0.29, 0.717) is 10.6 Å². The van der Waals surface area contributed by atoms with Crippen molar-refractivity contribution in [1.29, 1.82) is 0 Å². The summed E-state index contributed by atoms with van der Waals surface area (Å²) in [5, 5.41) is 13.5. The van der Waals surface area contributed by atoms with Gasteiger partial charge in [0.1, 0.15) is 9.88 Å². The average molecular weight is 254 g/mol. The molecule has 0 amide bonds. The number of aromatic nitrogens is 1. The van der Waals surface area contributed by atoms with E-state index in [4.69, 9.17) is 0 Å². The predicted molar refractivity (Wildman–Crippen MR) is 67.8 cm³/mol. The molecule has 1 aromatic heterocycles. The molecular weight excluding hydrogens is 236 g/mol. The Morgan fingerprint density at radius 3 is 2.65 bits per heavy atom. The number of aromatic carboxylic acids is 1. The molecule has 1 aliphatic rings. The summed E-state index contributed by atoms with van der Waals surface area (Å²) in [4.78, 5) is 16.2. The molecule has 0 radical (unpaired) electrons. The summed E-state index contributed by atoms with van der Waals surface area (Å²) in [6, 6.07) is 0.245. The van der Waals surface area contributed by atoms with Crippen molar-refractivity contribution >= 4 is 17.3 Å². The van der Waals surface area contributed by atoms with E-state index < -0.39 is 5.97 Å². The summed E-state index contributed by atoms with van der Waals surface area (Å²) >= 11 is 1.32. The second-order valence-electron chi connectivity index (χ2n) is 5.43. The van der Waals surface area contributed by atoms with E-state index in [9.17, 15) is 9.90 Å². The Morgan fingerprint density at radius 1 is 1.53 bits per heavy atom. The van der Waals surface area contributed by atoms with Crippen LogP contribution < -0.4 is 5.32 Å². The van der Waals surface area contributed by atoms with Gasteiger partial charge < -0.3 is 10.4 Å². The Labute approximate surface area is 105 Å². The van der Waals surface area contributed by atoms with Crippen LogP contribution in [-0.2, 0) is 5.41 Å². The minimum absolute atomic E-state index is 0.221. The van der Waals surface area contributed by atoms with Gasteiger partial charge in [-0.2, -0.15) is 0 Å². The van der Waals surface area contributed by atoms with E-state index >= 15 is 0 Å². The van der Waals surface area contributed by atoms with Gasteiger partial charge in [0.2, 0.25) is 0 Å². The number of nitrogens with zero attached hydrogens (tertiary/aromatic N) is 1. The van der Waals surface area contributed by atoms with Crippen LogP contribution in [0.15, 0.2) is 0 Å². The largest absolute Gasteiger partial charge is 0.477 e. The summed E-state index contributed by atoms with van der Waals surface area (Å²) < 4.78 is 0. The third-order valence-corrected chi connectivity index (χ3v) is 4.06. The number of carboxylic acid groups (broad SMARTS) is 1. The molecule has 2 N–H and O–H groups in total. The standard InChI is InChI=1S/C12H18N2O2S/c1-12(2,3)9-8(11(15)16)17-10(14-9)7-5-4-6-13-7/h7,13H,4-6H2,1-3H3,(H,15,16). The van der Waals surface area contributed by atoms with Crippen LogP contribution in [0.25, 0.3) is 0 Å². The Morgan fingerprint density at radius 2 is 2.24 bits per heavy atom. The lowest BCUT2D eigenvalue weighted by Crippen LogP contribution is -2.17. The topological polar surface area (TPSA) is 62.2 Å². The van der Waals surface area contributed by atoms with Crippen molar-refractivity contribution in [1.82, 2.24) is 10.3 Å². The monoisotopic (exact) mass is 254 g/mol. The molecule has 1 aromatic rings. The molecule has 94 valence electrons. The minimum atomic E-state index is -0.864. The maximum atomic E-state index is 11.2. The van der Waals surface area contributed by atoms with Crippen molar-refractivity contribution in [3.63, 3.8) is 0 Å². The van der Waals surface area contributed by atoms with Crippen LogP contribution in [0.4, 0.5) is 0 Å². The molecule has 5 heteroatoms. The summed E-state index contributed by atoms with van der Waals surface area (Å²) in [6.07, 6.45) is 2.19. The summed E-state index contributed by atoms with van der Waals surface area (Å²) in [6.45, 7) is 7.00. The molecule has 1 saturated heterocycles. The molecule has 2 heterocycles. The number of thiazole rings is 1. The van der Waals surface area contributed by atoms with Crippen molar-refractivity contribution < 1.29 is 9.90 Å². The normalized spacial score (nSPS) is 20.8. The van der Waals surface area contributed by atoms with Crippen LogP contribution >= 0.6 is 11.3 Å². The van der Waals surface area contributed by atoms with Crippen LogP contribution in [0.2, 0.25) is 0 Å². The zero-order chi connectivity index (χ0) is 12.6. The molecule has 0 aliphatic carbocycles. The molecule has 1 aliphatic heterocycles. The van der Waals surface area contributed by atoms with Crippen molar-refractivity contribution in [3.05, 3.63) is 15.6 Å². The summed E-state index contributed by atoms with van der Waals surface area (Å²) in [5.41, 5.74) is 0.486. The van der Waals surface area contributed by atoms with Gasteiger partial charge in [-0.05, 0) is 19.4 Å². The first-order valence-corrected chi connectivity index (χ1v) is 6.69. The second-order valence-corrected chi connectivity index (χ2v) is 6.46. The Balaban J connectivity index is 2.40. The average Bonchev–Trinajstić information content (AvgIpc) is 2.85. The summed E-state index contributed by atoms with van der Waals surface area (Å²) in [5.74, 6) is -0.864. The van der Waals surface area contributed by atoms with Crippen LogP contribution in [0.3, 0.4) is 0 Å². The molecule has 4 nitrogen and oxygen atoms in total. The van der Waals surface area contributed by atoms with Gasteiger partial charge >= 0.3 is 5.97 Å². The van der Waals surface area contributed by atoms with Crippen molar-refractivity contribution in [3.8, 4) is 0 Å². The third kappa shape index (κ3) is 2.50. The van der Waals surface area contributed by atoms with E-state index in [1.165, 1.54) is 11.3 Å². The third-order valence-electron chi connectivity index (χ3n) is 2.91. The highest BCUT2D eigenvalue weighted by Crippen LogP contribution is 2.34. The fourth-order valence-corrected chi connectivity index (χ4v) is 3.26. The molecule has 2 rings (SSSR count). The second kappa shape index (κ2) is 4.38. The smallest absolute Gasteiger partial charge is 0.347 e. The lowest BCUT2D eigenvalue weighted by atomic mass is 9.91. The molecule has 1 unspecified atom stereocenters. The van der Waals surface area contributed by atoms with Crippen LogP contribution in [0, 0.1) is 0 Å². The Kier molecular flexibility index (Phi) is 3.23. The van der Waals surface area contributed by atoms with Gasteiger partial charge in [-0.1, -0.05) is 20.8 Å². The number of hydrogen-bond donors (Lipinski definition) is 2. The minimum Gasteiger partial charge on any atom is -0.477 e. The molecule has 17 heavy (non-hydrogen) atoms. The molecule has 0 aromatic carbocycles. The van der Waals surface area contributed by atoms with Crippen molar-refractivity contribution in [2.24, 2.45) is 0 Å². The van der Waals surface area contributed by atoms with Gasteiger partial charge in [-0.15, -0.1) is 11.3 Å². The molecule has 0 saturated carbocycles. The fraction of sp³-hybridized carbons (Fsp3) is 0.667. The van der Waals surface area contributed by atoms with E-state index in [2.05, 4.69) is 10.3 Å². The fourth-order valence-electron chi connectivity index (χ4n) is 2.03. The number of nitrogens with one attached hydrogen (secondary N) is 1. The predicted octanol–water partition coefficient (Wildman–Crippen LogP) is 2.56. The SMILES string of the molecule is CC(C)(C)c1nc(C2CCCN2)sc1C(=O)O. The van der Waals surface area contributed by atoms with Gasteiger partial charge in [-0.3, -0.25) is 0 Å². The quantitative estimate of drug-likeness (QED) is 0.851. The van der Waals surface area contributed by atoms with E-state index in [-0.39, 0.29) is 11.5 Å². The summed E-state index contributed by atoms with van der Waals surface area (Å²) in [7, 11) is 0. The Bertz CT molecular complexity index is 428. The van der Waals surface area contributed by atoms with Gasteiger partial charge in [-0.25, -0.2) is 9.78 Å². The van der Waals surface area contributed by atoms with Crippen LogP contribution in [-0.4, -0.2) is 22.6 Å². The van der Waals surface area contributed by atoms with Crippen LogP contribution in [0.5, 0.6) is 0 Å². The van der Waals surface area contributed by atoms with Gasteiger partial charge in [0, 0.05) is 5.41 Å². The number of carbonyl (C=O) groups is 1. The highest BCUT2D eigenvalue weighted by atomic mass is 32.1. The molecule has 0 bridgehead atoms. The van der Waals surface area contributed by atoms with Crippen LogP contribution in [0.1, 0.15) is 60.0 Å². The van der Waals surface area contributed by atoms with Gasteiger partial charge in [0.05, 0.1) is 11.7 Å². The first kappa shape index (κ1) is 12.5. The van der Waals surface area contributed by atoms with Gasteiger partial charge in [0.25, 0.3) is 0 Å². The number of carboxylic acids is 1. The van der Waals surface area contributed by atoms with Gasteiger partial charge in [0.15, 0.2) is 0 Å². The first-order chi connectivity index (χ1) is 7.89. The number of rotatable bonds is 2. The highest BCUT2D eigenvalue weighted by molar-refractivity contribution is 7.13. The van der Waals surface area contributed by atoms with E-state index in [1.807, 2.05) is 20.8 Å². The van der Waals surface area contributed by atoms with E-state index in [1.54, 1.807) is 0 Å².